The molecule has 4 aliphatic rings. The number of thiophene rings is 3. The first kappa shape index (κ1) is 98.4. The summed E-state index contributed by atoms with van der Waals surface area (Å²) in [6, 6.07) is 68.5. The Morgan fingerprint density at radius 3 is 1.10 bits per heavy atom. The molecule has 0 amide bonds. The smallest absolute Gasteiger partial charge is 0.494 e. The number of ketones is 3. The average Bonchev–Trinajstić information content (AvgIpc) is 1.62. The third-order valence-corrected chi connectivity index (χ3v) is 29.3. The molecule has 4 aliphatic heterocycles. The lowest BCUT2D eigenvalue weighted by Gasteiger charge is -2.32. The van der Waals surface area contributed by atoms with Gasteiger partial charge in [-0.15, -0.1) is 34.0 Å². The molecule has 14 aromatic rings. The van der Waals surface area contributed by atoms with Crippen LogP contribution in [0.1, 0.15) is 156 Å². The fourth-order valence-corrected chi connectivity index (χ4v) is 21.8. The zero-order valence-electron chi connectivity index (χ0n) is 77.6. The van der Waals surface area contributed by atoms with E-state index in [9.17, 15) is 45.8 Å². The van der Waals surface area contributed by atoms with Crippen LogP contribution in [0.4, 0.5) is 26.3 Å². The summed E-state index contributed by atoms with van der Waals surface area (Å²) in [5.41, 5.74) is 11.0. The molecule has 4 saturated heterocycles. The molecule has 702 valence electrons. The first-order valence-electron chi connectivity index (χ1n) is 45.8. The number of hydrogen-bond acceptors (Lipinski definition) is 17. The SMILES string of the molecule is CC1(C)OB(c2ccc(O[C@@H]3CCN(CCCF)C3)cc2)OC1(C)C.Cc1cc(F)cc(C)c1C(=O)c1sc2cc(O)ccc2c1-c1ccc(O[C@@H]2CCN(CCCF)C2)cc1.Cc1cc(F)cc(C)c1C(=O)c1sc2cc(OCc3ccccc3)ccc2c1-c1ccc(O[C@@H]2CCN(CCCF)C2)cc1.Cc1cc(F)cc(C)c1C(=O)c1sc2cc(OCc3ccccc3)ccc2c1Cl. The lowest BCUT2D eigenvalue weighted by atomic mass is 9.79. The number of nitrogens with zero attached hydrogens (tertiary/aromatic N) is 3. The molecule has 0 bridgehead atoms. The number of fused-ring (bicyclic) bond motifs is 3. The summed E-state index contributed by atoms with van der Waals surface area (Å²) in [6.45, 7) is 26.4. The molecular formula is C110H111BClF6N3O11S3. The van der Waals surface area contributed by atoms with Crippen molar-refractivity contribution < 1.29 is 78.8 Å². The number of aromatic hydroxyl groups is 1. The molecule has 1 N–H and O–H groups in total. The first-order valence-corrected chi connectivity index (χ1v) is 48.6. The van der Waals surface area contributed by atoms with Crippen LogP contribution < -0.4 is 29.1 Å². The lowest BCUT2D eigenvalue weighted by molar-refractivity contribution is 0.00578. The number of phenolic OH excluding ortho intramolecular Hbond substituents is 1. The van der Waals surface area contributed by atoms with E-state index in [1.807, 2.05) is 176 Å². The van der Waals surface area contributed by atoms with Gasteiger partial charge in [-0.2, -0.15) is 0 Å². The van der Waals surface area contributed by atoms with E-state index >= 15 is 0 Å². The van der Waals surface area contributed by atoms with E-state index in [0.717, 1.165) is 170 Å². The monoisotopic (exact) mass is 1910 g/mol. The molecule has 25 heteroatoms. The maximum Gasteiger partial charge on any atom is 0.494 e. The van der Waals surface area contributed by atoms with Gasteiger partial charge >= 0.3 is 7.12 Å². The summed E-state index contributed by atoms with van der Waals surface area (Å²) in [7, 11) is -0.346. The highest BCUT2D eigenvalue weighted by atomic mass is 35.5. The Morgan fingerprint density at radius 1 is 0.415 bits per heavy atom. The second kappa shape index (κ2) is 44.3. The number of likely N-dealkylation sites (tertiary alicyclic amines) is 3. The molecule has 18 rings (SSSR count). The molecule has 0 spiro atoms. The number of carbonyl (C=O) groups is 3. The molecule has 0 saturated carbocycles. The van der Waals surface area contributed by atoms with Crippen molar-refractivity contribution >= 4 is 106 Å². The number of halogens is 7. The Balaban J connectivity index is 0.000000140. The van der Waals surface area contributed by atoms with E-state index in [1.54, 1.807) is 53.7 Å². The molecule has 0 aliphatic carbocycles. The van der Waals surface area contributed by atoms with E-state index in [-0.39, 0.29) is 97.2 Å². The Labute approximate surface area is 802 Å². The molecule has 0 radical (unpaired) electrons. The standard InChI is InChI=1S/C37H35F2NO3S.C30H29F2NO3S.C24H18ClFO2S.C19H29BFNO3/c1-24-19-28(39)20-25(2)34(24)36(41)37-35(27-9-11-29(12-10-27)43-31-15-18-40(22-31)17-6-16-38)32-14-13-30(21-33(32)44-37)42-23-26-7-4-3-5-8-26;1-18-14-21(32)15-19(2)27(18)29(35)30-28(25-9-6-22(34)16-26(25)37-30)20-4-7-23(8-5-20)36-24-10-13-33(17-24)12-3-11-31;1-14-10-17(26)11-15(2)21(14)23(27)24-22(25)19-9-8-18(12-20(19)29-24)28-13-16-6-4-3-5-7-16;1-18(2)19(3,4)25-20(24-18)15-6-8-16(9-7-15)23-17-10-13-22(14-17)12-5-11-21/h3-5,7-14,19-21,31H,6,15-18,22-23H2,1-2H3;4-9,14-16,24,34H,3,10-13,17H2,1-2H3;3-12H,13H2,1-2H3;6-9,17H,5,10-14H2,1-4H3/t31-;24-;;17-/m11.1/s1. The van der Waals surface area contributed by atoms with Crippen LogP contribution in [-0.4, -0.2) is 153 Å². The molecule has 135 heavy (non-hydrogen) atoms. The fourth-order valence-electron chi connectivity index (χ4n) is 17.9. The van der Waals surface area contributed by atoms with Gasteiger partial charge in [-0.05, 0) is 296 Å². The highest BCUT2D eigenvalue weighted by Gasteiger charge is 2.52. The number of alkyl halides is 3. The van der Waals surface area contributed by atoms with Crippen molar-refractivity contribution in [1.29, 1.82) is 0 Å². The maximum atomic E-state index is 14.2. The van der Waals surface area contributed by atoms with Gasteiger partial charge in [-0.3, -0.25) is 42.3 Å². The Hall–Kier alpha value is -11.2. The van der Waals surface area contributed by atoms with Crippen molar-refractivity contribution in [3.63, 3.8) is 0 Å². The zero-order chi connectivity index (χ0) is 95.4. The van der Waals surface area contributed by atoms with Gasteiger partial charge in [0.1, 0.15) is 83.5 Å². The predicted octanol–water partition coefficient (Wildman–Crippen LogP) is 25.9. The summed E-state index contributed by atoms with van der Waals surface area (Å²) < 4.78 is 124. The summed E-state index contributed by atoms with van der Waals surface area (Å²) in [5.74, 6) is 2.41. The van der Waals surface area contributed by atoms with E-state index in [1.165, 1.54) is 70.4 Å². The third kappa shape index (κ3) is 23.9. The first-order chi connectivity index (χ1) is 65.0. The van der Waals surface area contributed by atoms with Crippen LogP contribution in [0, 0.1) is 59.0 Å². The van der Waals surface area contributed by atoms with Crippen LogP contribution in [0.25, 0.3) is 52.5 Å². The van der Waals surface area contributed by atoms with Gasteiger partial charge in [-0.25, -0.2) is 13.2 Å². The van der Waals surface area contributed by atoms with Crippen molar-refractivity contribution in [3.8, 4) is 56.8 Å². The number of aryl methyl sites for hydroxylation is 6. The maximum absolute atomic E-state index is 14.2. The minimum Gasteiger partial charge on any atom is -0.508 e. The van der Waals surface area contributed by atoms with E-state index < -0.39 is 0 Å². The van der Waals surface area contributed by atoms with Gasteiger partial charge in [0.2, 0.25) is 17.3 Å². The van der Waals surface area contributed by atoms with Crippen LogP contribution in [0.3, 0.4) is 0 Å². The van der Waals surface area contributed by atoms with Crippen molar-refractivity contribution in [2.24, 2.45) is 0 Å². The molecule has 14 nitrogen and oxygen atoms in total. The summed E-state index contributed by atoms with van der Waals surface area (Å²) in [4.78, 5) is 49.5. The molecule has 3 atom stereocenters. The lowest BCUT2D eigenvalue weighted by Crippen LogP contribution is -2.41. The number of benzene rings is 11. The van der Waals surface area contributed by atoms with Crippen molar-refractivity contribution in [2.75, 3.05) is 78.9 Å². The van der Waals surface area contributed by atoms with Crippen molar-refractivity contribution in [2.45, 2.75) is 150 Å². The highest BCUT2D eigenvalue weighted by molar-refractivity contribution is 7.22. The molecule has 4 fully saturated rings. The molecule has 0 unspecified atom stereocenters. The summed E-state index contributed by atoms with van der Waals surface area (Å²) in [6.07, 6.45) is 4.83. The van der Waals surface area contributed by atoms with Gasteiger partial charge in [-0.1, -0.05) is 109 Å². The number of hydrogen-bond donors (Lipinski definition) is 1. The second-order valence-electron chi connectivity index (χ2n) is 36.0. The number of ether oxygens (including phenoxy) is 5. The van der Waals surface area contributed by atoms with Crippen LogP contribution >= 0.6 is 45.6 Å². The van der Waals surface area contributed by atoms with Gasteiger partial charge in [0, 0.05) is 117 Å². The highest BCUT2D eigenvalue weighted by Crippen LogP contribution is 2.47. The molecule has 3 aromatic heterocycles. The number of phenols is 1. The van der Waals surface area contributed by atoms with Gasteiger partial charge in [0.05, 0.1) is 50.9 Å². The number of carbonyl (C=O) groups excluding carboxylic acids is 3. The molecular weight excluding hydrogens is 1800 g/mol. The predicted molar refractivity (Wildman–Crippen MR) is 533 cm³/mol. The second-order valence-corrected chi connectivity index (χ2v) is 39.5. The van der Waals surface area contributed by atoms with Crippen LogP contribution in [0.15, 0.2) is 224 Å². The molecule has 7 heterocycles. The van der Waals surface area contributed by atoms with Gasteiger partial charge in [0.25, 0.3) is 0 Å². The minimum absolute atomic E-state index is 0.0666. The Bertz CT molecular complexity index is 6440. The van der Waals surface area contributed by atoms with Crippen LogP contribution in [0.5, 0.6) is 34.5 Å². The van der Waals surface area contributed by atoms with E-state index in [2.05, 4.69) is 42.4 Å². The van der Waals surface area contributed by atoms with E-state index in [4.69, 9.17) is 44.6 Å². The van der Waals surface area contributed by atoms with Crippen molar-refractivity contribution in [3.05, 3.63) is 323 Å². The average molecular weight is 1910 g/mol. The normalized spacial score (nSPS) is 16.4. The topological polar surface area (TPSA) is 146 Å². The largest absolute Gasteiger partial charge is 0.508 e. The fraction of sp³-hybridized carbons (Fsp3) is 0.318. The Morgan fingerprint density at radius 2 is 0.733 bits per heavy atom. The zero-order valence-corrected chi connectivity index (χ0v) is 80.8. The van der Waals surface area contributed by atoms with Crippen LogP contribution in [-0.2, 0) is 22.5 Å². The Kier molecular flexibility index (Phi) is 32.3. The quantitative estimate of drug-likeness (QED) is 0.0259. The van der Waals surface area contributed by atoms with Gasteiger partial charge < -0.3 is 38.1 Å². The third-order valence-electron chi connectivity index (χ3n) is 25.3. The van der Waals surface area contributed by atoms with Crippen LogP contribution in [0.2, 0.25) is 5.02 Å². The van der Waals surface area contributed by atoms with E-state index in [0.29, 0.717) is 108 Å². The van der Waals surface area contributed by atoms with Crippen molar-refractivity contribution in [1.82, 2.24) is 14.7 Å². The summed E-state index contributed by atoms with van der Waals surface area (Å²) in [5, 5.41) is 13.1. The number of rotatable bonds is 30. The molecule has 11 aromatic carbocycles. The summed E-state index contributed by atoms with van der Waals surface area (Å²) >= 11 is 10.6. The van der Waals surface area contributed by atoms with Gasteiger partial charge in [0.15, 0.2) is 0 Å². The minimum atomic E-state index is -0.364.